The van der Waals surface area contributed by atoms with Gasteiger partial charge < -0.3 is 4.74 Å². The van der Waals surface area contributed by atoms with Gasteiger partial charge in [0.1, 0.15) is 0 Å². The third-order valence-corrected chi connectivity index (χ3v) is 4.99. The summed E-state index contributed by atoms with van der Waals surface area (Å²) >= 11 is 1.77. The van der Waals surface area contributed by atoms with E-state index < -0.39 is 0 Å². The fraction of sp³-hybridized carbons (Fsp3) is 0.500. The molecular formula is C16H20O3S. The molecule has 1 aromatic rings. The maximum Gasteiger partial charge on any atom is 0.306 e. The van der Waals surface area contributed by atoms with Crippen molar-refractivity contribution in [3.63, 3.8) is 0 Å². The van der Waals surface area contributed by atoms with Gasteiger partial charge in [0.25, 0.3) is 0 Å². The van der Waals surface area contributed by atoms with E-state index in [-0.39, 0.29) is 17.2 Å². The second kappa shape index (κ2) is 6.93. The van der Waals surface area contributed by atoms with Gasteiger partial charge in [0.15, 0.2) is 5.78 Å². The first-order valence-electron chi connectivity index (χ1n) is 6.88. The number of methoxy groups -OCH3 is 1. The number of carbonyl (C=O) groups is 2. The quantitative estimate of drug-likeness (QED) is 0.419. The molecule has 0 bridgehead atoms. The fourth-order valence-electron chi connectivity index (χ4n) is 2.15. The number of rotatable bonds is 8. The van der Waals surface area contributed by atoms with Crippen LogP contribution in [0.2, 0.25) is 0 Å². The van der Waals surface area contributed by atoms with Crippen LogP contribution in [0.15, 0.2) is 30.3 Å². The molecule has 0 amide bonds. The monoisotopic (exact) mass is 292 g/mol. The SMILES string of the molecule is COC(=O)CC1(CSCCC(=O)c2ccccc2)CC1. The molecule has 1 aliphatic carbocycles. The highest BCUT2D eigenvalue weighted by molar-refractivity contribution is 7.99. The number of hydrogen-bond acceptors (Lipinski definition) is 4. The summed E-state index contributed by atoms with van der Waals surface area (Å²) < 4.78 is 4.73. The molecule has 1 saturated carbocycles. The van der Waals surface area contributed by atoms with E-state index in [0.717, 1.165) is 29.9 Å². The highest BCUT2D eigenvalue weighted by Crippen LogP contribution is 2.51. The first-order valence-corrected chi connectivity index (χ1v) is 8.03. The Morgan fingerprint density at radius 2 is 1.95 bits per heavy atom. The lowest BCUT2D eigenvalue weighted by molar-refractivity contribution is -0.141. The van der Waals surface area contributed by atoms with Crippen LogP contribution in [0.4, 0.5) is 0 Å². The lowest BCUT2D eigenvalue weighted by atomic mass is 10.1. The summed E-state index contributed by atoms with van der Waals surface area (Å²) in [5.41, 5.74) is 0.928. The number of carbonyl (C=O) groups excluding carboxylic acids is 2. The highest BCUT2D eigenvalue weighted by atomic mass is 32.2. The van der Waals surface area contributed by atoms with Gasteiger partial charge in [-0.1, -0.05) is 30.3 Å². The molecule has 108 valence electrons. The molecule has 0 aromatic heterocycles. The molecule has 0 atom stereocenters. The Morgan fingerprint density at radius 3 is 2.55 bits per heavy atom. The van der Waals surface area contributed by atoms with Gasteiger partial charge in [-0.25, -0.2) is 0 Å². The Morgan fingerprint density at radius 1 is 1.25 bits per heavy atom. The van der Waals surface area contributed by atoms with Crippen LogP contribution in [0.5, 0.6) is 0 Å². The lowest BCUT2D eigenvalue weighted by Gasteiger charge is -2.12. The molecule has 0 saturated heterocycles. The minimum Gasteiger partial charge on any atom is -0.469 e. The molecule has 3 nitrogen and oxygen atoms in total. The number of ether oxygens (including phenoxy) is 1. The van der Waals surface area contributed by atoms with Crippen molar-refractivity contribution in [2.24, 2.45) is 5.41 Å². The summed E-state index contributed by atoms with van der Waals surface area (Å²) in [6.07, 6.45) is 3.27. The van der Waals surface area contributed by atoms with E-state index in [0.29, 0.717) is 12.8 Å². The van der Waals surface area contributed by atoms with Gasteiger partial charge in [-0.15, -0.1) is 0 Å². The molecule has 0 N–H and O–H groups in total. The smallest absolute Gasteiger partial charge is 0.306 e. The average molecular weight is 292 g/mol. The van der Waals surface area contributed by atoms with E-state index in [1.165, 1.54) is 7.11 Å². The van der Waals surface area contributed by atoms with Crippen molar-refractivity contribution in [2.45, 2.75) is 25.7 Å². The molecule has 1 aliphatic rings. The Labute approximate surface area is 124 Å². The standard InChI is InChI=1S/C16H20O3S/c1-19-15(18)11-16(8-9-16)12-20-10-7-14(17)13-5-3-2-4-6-13/h2-6H,7-12H2,1H3. The molecule has 0 aliphatic heterocycles. The van der Waals surface area contributed by atoms with E-state index in [9.17, 15) is 9.59 Å². The van der Waals surface area contributed by atoms with Crippen LogP contribution in [0.3, 0.4) is 0 Å². The largest absolute Gasteiger partial charge is 0.469 e. The van der Waals surface area contributed by atoms with Crippen molar-refractivity contribution in [3.05, 3.63) is 35.9 Å². The second-order valence-electron chi connectivity index (χ2n) is 5.34. The van der Waals surface area contributed by atoms with Gasteiger partial charge in [-0.3, -0.25) is 9.59 Å². The number of benzene rings is 1. The molecule has 0 heterocycles. The predicted octanol–water partition coefficient (Wildman–Crippen LogP) is 3.34. The maximum atomic E-state index is 11.9. The van der Waals surface area contributed by atoms with Crippen LogP contribution in [-0.2, 0) is 9.53 Å². The van der Waals surface area contributed by atoms with Crippen LogP contribution in [0.25, 0.3) is 0 Å². The zero-order valence-electron chi connectivity index (χ0n) is 11.8. The van der Waals surface area contributed by atoms with Crippen LogP contribution in [-0.4, -0.2) is 30.4 Å². The molecular weight excluding hydrogens is 272 g/mol. The van der Waals surface area contributed by atoms with Gasteiger partial charge in [0.2, 0.25) is 0 Å². The van der Waals surface area contributed by atoms with Crippen LogP contribution in [0, 0.1) is 5.41 Å². The third kappa shape index (κ3) is 4.37. The van der Waals surface area contributed by atoms with Gasteiger partial charge in [0, 0.05) is 17.7 Å². The zero-order chi connectivity index (χ0) is 14.4. The minimum atomic E-state index is -0.122. The molecule has 0 spiro atoms. The summed E-state index contributed by atoms with van der Waals surface area (Å²) in [7, 11) is 1.43. The van der Waals surface area contributed by atoms with Crippen molar-refractivity contribution in [1.82, 2.24) is 0 Å². The van der Waals surface area contributed by atoms with Crippen LogP contribution < -0.4 is 0 Å². The van der Waals surface area contributed by atoms with E-state index in [1.807, 2.05) is 30.3 Å². The van der Waals surface area contributed by atoms with Gasteiger partial charge in [-0.2, -0.15) is 11.8 Å². The van der Waals surface area contributed by atoms with E-state index >= 15 is 0 Å². The van der Waals surface area contributed by atoms with Crippen LogP contribution in [0.1, 0.15) is 36.0 Å². The number of ketones is 1. The molecule has 1 aromatic carbocycles. The van der Waals surface area contributed by atoms with Gasteiger partial charge >= 0.3 is 5.97 Å². The Balaban J connectivity index is 1.67. The van der Waals surface area contributed by atoms with Crippen molar-refractivity contribution in [3.8, 4) is 0 Å². The number of hydrogen-bond donors (Lipinski definition) is 0. The lowest BCUT2D eigenvalue weighted by Crippen LogP contribution is -2.13. The number of Topliss-reactive ketones (excluding diaryl/α,β-unsaturated/α-hetero) is 1. The second-order valence-corrected chi connectivity index (χ2v) is 6.45. The topological polar surface area (TPSA) is 43.4 Å². The van der Waals surface area contributed by atoms with E-state index in [1.54, 1.807) is 11.8 Å². The third-order valence-electron chi connectivity index (χ3n) is 3.68. The molecule has 2 rings (SSSR count). The Bertz CT molecular complexity index is 466. The Kier molecular flexibility index (Phi) is 5.24. The maximum absolute atomic E-state index is 11.9. The normalized spacial score (nSPS) is 15.7. The fourth-order valence-corrected chi connectivity index (χ4v) is 3.45. The molecule has 20 heavy (non-hydrogen) atoms. The Hall–Kier alpha value is -1.29. The van der Waals surface area contributed by atoms with Crippen molar-refractivity contribution >= 4 is 23.5 Å². The predicted molar refractivity (Wildman–Crippen MR) is 81.0 cm³/mol. The van der Waals surface area contributed by atoms with E-state index in [4.69, 9.17) is 4.74 Å². The van der Waals surface area contributed by atoms with Crippen LogP contribution >= 0.6 is 11.8 Å². The summed E-state index contributed by atoms with van der Waals surface area (Å²) in [6.45, 7) is 0. The molecule has 0 radical (unpaired) electrons. The van der Waals surface area contributed by atoms with Gasteiger partial charge in [-0.05, 0) is 24.0 Å². The first kappa shape index (κ1) is 15.1. The first-order chi connectivity index (χ1) is 9.65. The molecule has 1 fully saturated rings. The summed E-state index contributed by atoms with van der Waals surface area (Å²) in [5.74, 6) is 1.83. The van der Waals surface area contributed by atoms with E-state index in [2.05, 4.69) is 0 Å². The highest BCUT2D eigenvalue weighted by Gasteiger charge is 2.44. The molecule has 0 unspecified atom stereocenters. The summed E-state index contributed by atoms with van der Waals surface area (Å²) in [6, 6.07) is 9.39. The van der Waals surface area contributed by atoms with Gasteiger partial charge in [0.05, 0.1) is 13.5 Å². The van der Waals surface area contributed by atoms with Crippen molar-refractivity contribution < 1.29 is 14.3 Å². The zero-order valence-corrected chi connectivity index (χ0v) is 12.6. The average Bonchev–Trinajstić information content (AvgIpc) is 3.24. The number of esters is 1. The summed E-state index contributed by atoms with van der Waals surface area (Å²) in [4.78, 5) is 23.2. The van der Waals surface area contributed by atoms with Crippen molar-refractivity contribution in [1.29, 1.82) is 0 Å². The van der Waals surface area contributed by atoms with Crippen molar-refractivity contribution in [2.75, 3.05) is 18.6 Å². The minimum absolute atomic E-state index is 0.122. The number of thioether (sulfide) groups is 1. The molecule has 4 heteroatoms. The summed E-state index contributed by atoms with van der Waals surface area (Å²) in [5, 5.41) is 0.